The van der Waals surface area contributed by atoms with Crippen LogP contribution in [0.4, 0.5) is 5.69 Å². The first-order chi connectivity index (χ1) is 17.1. The number of benzene rings is 2. The molecule has 0 unspecified atom stereocenters. The summed E-state index contributed by atoms with van der Waals surface area (Å²) in [4.78, 5) is 27.6. The average Bonchev–Trinajstić information content (AvgIpc) is 3.31. The molecule has 2 aromatic carbocycles. The highest BCUT2D eigenvalue weighted by molar-refractivity contribution is 7.92. The molecule has 2 amide bonds. The summed E-state index contributed by atoms with van der Waals surface area (Å²) in [6.45, 7) is 6.69. The van der Waals surface area contributed by atoms with Crippen molar-refractivity contribution in [1.29, 1.82) is 0 Å². The van der Waals surface area contributed by atoms with Gasteiger partial charge in [-0.2, -0.15) is 0 Å². The molecule has 0 spiro atoms. The number of ether oxygens (including phenoxy) is 2. The molecule has 0 saturated carbocycles. The molecule has 0 fully saturated rings. The number of fused-ring (bicyclic) bond motifs is 1. The lowest BCUT2D eigenvalue weighted by Gasteiger charge is -2.30. The Morgan fingerprint density at radius 2 is 1.83 bits per heavy atom. The number of carbonyl (C=O) groups is 2. The molecule has 9 nitrogen and oxygen atoms in total. The van der Waals surface area contributed by atoms with E-state index in [2.05, 4.69) is 5.32 Å². The maximum atomic E-state index is 13.3. The molecule has 3 rings (SSSR count). The summed E-state index contributed by atoms with van der Waals surface area (Å²) in [7, 11) is -3.60. The van der Waals surface area contributed by atoms with Crippen molar-refractivity contribution in [2.75, 3.05) is 30.4 Å². The Balaban J connectivity index is 1.73. The first kappa shape index (κ1) is 27.3. The van der Waals surface area contributed by atoms with Crippen molar-refractivity contribution >= 4 is 27.5 Å². The van der Waals surface area contributed by atoms with Gasteiger partial charge in [0.2, 0.25) is 28.6 Å². The summed E-state index contributed by atoms with van der Waals surface area (Å²) >= 11 is 0. The van der Waals surface area contributed by atoms with E-state index in [1.807, 2.05) is 38.1 Å². The minimum Gasteiger partial charge on any atom is -0.454 e. The number of rotatable bonds is 12. The van der Waals surface area contributed by atoms with Crippen LogP contribution in [0.15, 0.2) is 42.5 Å². The first-order valence-electron chi connectivity index (χ1n) is 12.1. The summed E-state index contributed by atoms with van der Waals surface area (Å²) in [5, 5.41) is 2.86. The van der Waals surface area contributed by atoms with Gasteiger partial charge in [0.05, 0.1) is 11.9 Å². The number of hydrogen-bond acceptors (Lipinski definition) is 6. The van der Waals surface area contributed by atoms with Crippen molar-refractivity contribution in [2.24, 2.45) is 0 Å². The molecule has 0 radical (unpaired) electrons. The van der Waals surface area contributed by atoms with Crippen LogP contribution in [0.3, 0.4) is 0 Å². The topological polar surface area (TPSA) is 105 Å². The average molecular weight is 518 g/mol. The standard InChI is InChI=1S/C26H35N3O6S/c1-5-14-27-26(31)20(3)28(17-21-10-7-6-9-19(21)2)25(30)11-8-15-29(36(4,32)33)22-12-13-23-24(16-22)35-18-34-23/h6-7,9-10,12-13,16,20H,5,8,11,14-15,17-18H2,1-4H3,(H,27,31)/t20-/m0/s1. The molecule has 36 heavy (non-hydrogen) atoms. The molecular weight excluding hydrogens is 482 g/mol. The molecule has 0 saturated heterocycles. The van der Waals surface area contributed by atoms with Gasteiger partial charge < -0.3 is 19.7 Å². The molecule has 0 aliphatic carbocycles. The molecule has 1 atom stereocenters. The fourth-order valence-electron chi connectivity index (χ4n) is 3.99. The fourth-order valence-corrected chi connectivity index (χ4v) is 4.95. The van der Waals surface area contributed by atoms with E-state index in [4.69, 9.17) is 9.47 Å². The highest BCUT2D eigenvalue weighted by atomic mass is 32.2. The van der Waals surface area contributed by atoms with Crippen LogP contribution in [-0.2, 0) is 26.2 Å². The third kappa shape index (κ3) is 6.90. The normalized spacial score (nSPS) is 13.2. The molecule has 10 heteroatoms. The molecule has 1 aliphatic rings. The summed E-state index contributed by atoms with van der Waals surface area (Å²) in [5.41, 5.74) is 2.43. The highest BCUT2D eigenvalue weighted by Crippen LogP contribution is 2.36. The van der Waals surface area contributed by atoms with E-state index in [1.165, 1.54) is 4.31 Å². The van der Waals surface area contributed by atoms with Gasteiger partial charge in [0.1, 0.15) is 6.04 Å². The van der Waals surface area contributed by atoms with Crippen molar-refractivity contribution in [3.63, 3.8) is 0 Å². The molecule has 1 heterocycles. The number of carbonyl (C=O) groups excluding carboxylic acids is 2. The lowest BCUT2D eigenvalue weighted by molar-refractivity contribution is -0.140. The number of hydrogen-bond donors (Lipinski definition) is 1. The van der Waals surface area contributed by atoms with Crippen molar-refractivity contribution in [3.8, 4) is 11.5 Å². The van der Waals surface area contributed by atoms with Gasteiger partial charge in [-0.25, -0.2) is 8.42 Å². The van der Waals surface area contributed by atoms with Crippen molar-refractivity contribution in [1.82, 2.24) is 10.2 Å². The van der Waals surface area contributed by atoms with Crippen LogP contribution >= 0.6 is 0 Å². The van der Waals surface area contributed by atoms with Gasteiger partial charge in [0, 0.05) is 32.1 Å². The van der Waals surface area contributed by atoms with E-state index in [1.54, 1.807) is 30.0 Å². The van der Waals surface area contributed by atoms with E-state index >= 15 is 0 Å². The Morgan fingerprint density at radius 1 is 1.11 bits per heavy atom. The minimum atomic E-state index is -3.60. The predicted octanol–water partition coefficient (Wildman–Crippen LogP) is 3.21. The molecule has 2 aromatic rings. The summed E-state index contributed by atoms with van der Waals surface area (Å²) in [5.74, 6) is 0.617. The van der Waals surface area contributed by atoms with Crippen LogP contribution in [0.5, 0.6) is 11.5 Å². The second kappa shape index (κ2) is 12.1. The van der Waals surface area contributed by atoms with Crippen LogP contribution in [0.25, 0.3) is 0 Å². The quantitative estimate of drug-likeness (QED) is 0.464. The minimum absolute atomic E-state index is 0.0902. The molecule has 1 aliphatic heterocycles. The van der Waals surface area contributed by atoms with Crippen LogP contribution in [0.1, 0.15) is 44.2 Å². The Kier molecular flexibility index (Phi) is 9.19. The SMILES string of the molecule is CCCNC(=O)[C@H](C)N(Cc1ccccc1C)C(=O)CCCN(c1ccc2c(c1)OCO2)S(C)(=O)=O. The van der Waals surface area contributed by atoms with Gasteiger partial charge in [0.25, 0.3) is 0 Å². The first-order valence-corrected chi connectivity index (χ1v) is 14.0. The maximum absolute atomic E-state index is 13.3. The lowest BCUT2D eigenvalue weighted by Crippen LogP contribution is -2.48. The third-order valence-electron chi connectivity index (χ3n) is 6.11. The van der Waals surface area contributed by atoms with E-state index in [-0.39, 0.29) is 38.0 Å². The molecular formula is C26H35N3O6S. The van der Waals surface area contributed by atoms with Crippen molar-refractivity contribution < 1.29 is 27.5 Å². The lowest BCUT2D eigenvalue weighted by atomic mass is 10.1. The monoisotopic (exact) mass is 517 g/mol. The zero-order chi connectivity index (χ0) is 26.3. The van der Waals surface area contributed by atoms with Gasteiger partial charge in [-0.15, -0.1) is 0 Å². The summed E-state index contributed by atoms with van der Waals surface area (Å²) in [6, 6.07) is 12.0. The Hall–Kier alpha value is -3.27. The van der Waals surface area contributed by atoms with Crippen LogP contribution in [0, 0.1) is 6.92 Å². The van der Waals surface area contributed by atoms with E-state index in [0.717, 1.165) is 23.8 Å². The van der Waals surface area contributed by atoms with Crippen molar-refractivity contribution in [2.45, 2.75) is 52.6 Å². The predicted molar refractivity (Wildman–Crippen MR) is 138 cm³/mol. The zero-order valence-corrected chi connectivity index (χ0v) is 22.1. The third-order valence-corrected chi connectivity index (χ3v) is 7.31. The van der Waals surface area contributed by atoms with Gasteiger partial charge in [-0.05, 0) is 49.9 Å². The molecule has 1 N–H and O–H groups in total. The smallest absolute Gasteiger partial charge is 0.242 e. The van der Waals surface area contributed by atoms with Gasteiger partial charge >= 0.3 is 0 Å². The number of amides is 2. The van der Waals surface area contributed by atoms with Crippen LogP contribution in [-0.4, -0.2) is 57.3 Å². The number of nitrogens with zero attached hydrogens (tertiary/aromatic N) is 2. The summed E-state index contributed by atoms with van der Waals surface area (Å²) in [6.07, 6.45) is 2.30. The van der Waals surface area contributed by atoms with E-state index in [9.17, 15) is 18.0 Å². The number of aryl methyl sites for hydroxylation is 1. The second-order valence-electron chi connectivity index (χ2n) is 8.89. The van der Waals surface area contributed by atoms with Gasteiger partial charge in [0.15, 0.2) is 11.5 Å². The number of anilines is 1. The molecule has 196 valence electrons. The molecule has 0 bridgehead atoms. The second-order valence-corrected chi connectivity index (χ2v) is 10.8. The largest absolute Gasteiger partial charge is 0.454 e. The highest BCUT2D eigenvalue weighted by Gasteiger charge is 2.27. The number of sulfonamides is 1. The zero-order valence-electron chi connectivity index (χ0n) is 21.3. The van der Waals surface area contributed by atoms with Crippen LogP contribution < -0.4 is 19.1 Å². The Bertz CT molecular complexity index is 1180. The van der Waals surface area contributed by atoms with Gasteiger partial charge in [-0.1, -0.05) is 31.2 Å². The Morgan fingerprint density at radius 3 is 2.53 bits per heavy atom. The summed E-state index contributed by atoms with van der Waals surface area (Å²) < 4.78 is 37.0. The number of nitrogens with one attached hydrogen (secondary N) is 1. The van der Waals surface area contributed by atoms with Crippen LogP contribution in [0.2, 0.25) is 0 Å². The van der Waals surface area contributed by atoms with E-state index < -0.39 is 16.1 Å². The van der Waals surface area contributed by atoms with E-state index in [0.29, 0.717) is 30.3 Å². The van der Waals surface area contributed by atoms with Gasteiger partial charge in [-0.3, -0.25) is 13.9 Å². The molecule has 0 aromatic heterocycles. The Labute approximate surface area is 213 Å². The van der Waals surface area contributed by atoms with Crippen molar-refractivity contribution in [3.05, 3.63) is 53.6 Å². The maximum Gasteiger partial charge on any atom is 0.242 e. The fraction of sp³-hybridized carbons (Fsp3) is 0.462.